The van der Waals surface area contributed by atoms with Crippen molar-refractivity contribution in [1.29, 1.82) is 0 Å². The van der Waals surface area contributed by atoms with Gasteiger partial charge in [-0.2, -0.15) is 0 Å². The first-order valence-electron chi connectivity index (χ1n) is 4.67. The summed E-state index contributed by atoms with van der Waals surface area (Å²) in [6, 6.07) is 7.50. The third-order valence-corrected chi connectivity index (χ3v) is 1.84. The average molecular weight is 216 g/mol. The van der Waals surface area contributed by atoms with E-state index in [2.05, 4.69) is 13.8 Å². The molecule has 2 nitrogen and oxygen atoms in total. The Morgan fingerprint density at radius 3 is 2.29 bits per heavy atom. The predicted octanol–water partition coefficient (Wildman–Crippen LogP) is 3.12. The van der Waals surface area contributed by atoms with E-state index in [9.17, 15) is 0 Å². The van der Waals surface area contributed by atoms with Crippen LogP contribution in [-0.2, 0) is 0 Å². The predicted molar refractivity (Wildman–Crippen MR) is 63.1 cm³/mol. The Morgan fingerprint density at radius 1 is 1.21 bits per heavy atom. The van der Waals surface area contributed by atoms with Gasteiger partial charge in [0.15, 0.2) is 0 Å². The Kier molecular flexibility index (Phi) is 6.13. The molecule has 0 aliphatic rings. The molecular formula is C11H18ClNO. The van der Waals surface area contributed by atoms with Crippen molar-refractivity contribution in [3.05, 3.63) is 24.3 Å². The van der Waals surface area contributed by atoms with Gasteiger partial charge < -0.3 is 10.5 Å². The zero-order valence-electron chi connectivity index (χ0n) is 8.69. The van der Waals surface area contributed by atoms with E-state index < -0.39 is 0 Å². The van der Waals surface area contributed by atoms with E-state index in [1.165, 1.54) is 0 Å². The summed E-state index contributed by atoms with van der Waals surface area (Å²) in [5.41, 5.74) is 6.32. The molecule has 14 heavy (non-hydrogen) atoms. The fourth-order valence-corrected chi connectivity index (χ4v) is 0.977. The molecule has 0 spiro atoms. The van der Waals surface area contributed by atoms with Crippen molar-refractivity contribution in [2.45, 2.75) is 20.3 Å². The first kappa shape index (κ1) is 13.1. The lowest BCUT2D eigenvalue weighted by Crippen LogP contribution is -2.01. The number of nitrogens with two attached hydrogens (primary N) is 1. The highest BCUT2D eigenvalue weighted by Gasteiger charge is 1.95. The van der Waals surface area contributed by atoms with Crippen molar-refractivity contribution >= 4 is 18.1 Å². The maximum atomic E-state index is 5.55. The summed E-state index contributed by atoms with van der Waals surface area (Å²) in [4.78, 5) is 0. The molecule has 80 valence electrons. The first-order chi connectivity index (χ1) is 6.18. The Bertz CT molecular complexity index is 246. The van der Waals surface area contributed by atoms with Gasteiger partial charge in [-0.1, -0.05) is 13.8 Å². The van der Waals surface area contributed by atoms with Gasteiger partial charge in [0.1, 0.15) is 5.75 Å². The van der Waals surface area contributed by atoms with E-state index in [0.717, 1.165) is 24.5 Å². The monoisotopic (exact) mass is 215 g/mol. The minimum Gasteiger partial charge on any atom is -0.494 e. The second-order valence-corrected chi connectivity index (χ2v) is 3.60. The third kappa shape index (κ3) is 4.97. The molecule has 0 heterocycles. The first-order valence-corrected chi connectivity index (χ1v) is 4.67. The summed E-state index contributed by atoms with van der Waals surface area (Å²) < 4.78 is 5.52. The number of hydrogen-bond acceptors (Lipinski definition) is 2. The normalized spacial score (nSPS) is 9.64. The SMILES string of the molecule is CC(C)CCOc1ccc(N)cc1.Cl. The fraction of sp³-hybridized carbons (Fsp3) is 0.455. The lowest BCUT2D eigenvalue weighted by atomic mass is 10.1. The van der Waals surface area contributed by atoms with Gasteiger partial charge in [0, 0.05) is 5.69 Å². The Morgan fingerprint density at radius 2 is 1.79 bits per heavy atom. The van der Waals surface area contributed by atoms with E-state index in [0.29, 0.717) is 5.92 Å². The van der Waals surface area contributed by atoms with Crippen LogP contribution in [0.3, 0.4) is 0 Å². The van der Waals surface area contributed by atoms with E-state index in [4.69, 9.17) is 10.5 Å². The van der Waals surface area contributed by atoms with Crippen molar-refractivity contribution in [2.75, 3.05) is 12.3 Å². The van der Waals surface area contributed by atoms with Crippen LogP contribution in [0.5, 0.6) is 5.75 Å². The number of rotatable bonds is 4. The molecule has 2 N–H and O–H groups in total. The van der Waals surface area contributed by atoms with Gasteiger partial charge in [-0.15, -0.1) is 12.4 Å². The molecule has 0 radical (unpaired) electrons. The van der Waals surface area contributed by atoms with Crippen LogP contribution >= 0.6 is 12.4 Å². The largest absolute Gasteiger partial charge is 0.494 e. The number of nitrogen functional groups attached to an aromatic ring is 1. The molecule has 0 atom stereocenters. The summed E-state index contributed by atoms with van der Waals surface area (Å²) in [6.07, 6.45) is 1.09. The van der Waals surface area contributed by atoms with Crippen molar-refractivity contribution in [1.82, 2.24) is 0 Å². The number of hydrogen-bond donors (Lipinski definition) is 1. The van der Waals surface area contributed by atoms with E-state index in [-0.39, 0.29) is 12.4 Å². The molecule has 0 aromatic heterocycles. The van der Waals surface area contributed by atoms with Gasteiger partial charge >= 0.3 is 0 Å². The smallest absolute Gasteiger partial charge is 0.119 e. The maximum absolute atomic E-state index is 5.55. The van der Waals surface area contributed by atoms with Crippen molar-refractivity contribution < 1.29 is 4.74 Å². The summed E-state index contributed by atoms with van der Waals surface area (Å²) in [5, 5.41) is 0. The summed E-state index contributed by atoms with van der Waals surface area (Å²) in [7, 11) is 0. The molecule has 1 aromatic carbocycles. The van der Waals surface area contributed by atoms with Crippen LogP contribution < -0.4 is 10.5 Å². The highest BCUT2D eigenvalue weighted by molar-refractivity contribution is 5.85. The lowest BCUT2D eigenvalue weighted by molar-refractivity contribution is 0.289. The topological polar surface area (TPSA) is 35.2 Å². The summed E-state index contributed by atoms with van der Waals surface area (Å²) in [5.74, 6) is 1.59. The molecule has 3 heteroatoms. The van der Waals surface area contributed by atoms with Crippen LogP contribution in [0.25, 0.3) is 0 Å². The maximum Gasteiger partial charge on any atom is 0.119 e. The fourth-order valence-electron chi connectivity index (χ4n) is 0.977. The van der Waals surface area contributed by atoms with Crippen LogP contribution in [0.2, 0.25) is 0 Å². The molecule has 0 bridgehead atoms. The highest BCUT2D eigenvalue weighted by atomic mass is 35.5. The Hall–Kier alpha value is -0.890. The molecule has 0 aliphatic carbocycles. The van der Waals surface area contributed by atoms with Gasteiger partial charge in [0.2, 0.25) is 0 Å². The van der Waals surface area contributed by atoms with Crippen LogP contribution in [0.15, 0.2) is 24.3 Å². The standard InChI is InChI=1S/C11H17NO.ClH/c1-9(2)7-8-13-11-5-3-10(12)4-6-11;/h3-6,9H,7-8,12H2,1-2H3;1H. The minimum atomic E-state index is 0. The number of halogens is 1. The minimum absolute atomic E-state index is 0. The zero-order valence-corrected chi connectivity index (χ0v) is 9.51. The van der Waals surface area contributed by atoms with Crippen molar-refractivity contribution in [3.8, 4) is 5.75 Å². The van der Waals surface area contributed by atoms with Gasteiger partial charge in [0.25, 0.3) is 0 Å². The zero-order chi connectivity index (χ0) is 9.68. The van der Waals surface area contributed by atoms with Gasteiger partial charge in [-0.3, -0.25) is 0 Å². The summed E-state index contributed by atoms with van der Waals surface area (Å²) in [6.45, 7) is 5.15. The number of benzene rings is 1. The van der Waals surface area contributed by atoms with E-state index >= 15 is 0 Å². The Balaban J connectivity index is 0.00000169. The molecule has 1 aromatic rings. The molecule has 1 rings (SSSR count). The van der Waals surface area contributed by atoms with Gasteiger partial charge in [0.05, 0.1) is 6.61 Å². The third-order valence-electron chi connectivity index (χ3n) is 1.84. The molecule has 0 saturated carbocycles. The number of ether oxygens (including phenoxy) is 1. The summed E-state index contributed by atoms with van der Waals surface area (Å²) >= 11 is 0. The second-order valence-electron chi connectivity index (χ2n) is 3.60. The molecule has 0 saturated heterocycles. The second kappa shape index (κ2) is 6.55. The van der Waals surface area contributed by atoms with E-state index in [1.807, 2.05) is 24.3 Å². The molecule has 0 aliphatic heterocycles. The van der Waals surface area contributed by atoms with Crippen LogP contribution in [-0.4, -0.2) is 6.61 Å². The van der Waals surface area contributed by atoms with Gasteiger partial charge in [-0.25, -0.2) is 0 Å². The molecular weight excluding hydrogens is 198 g/mol. The van der Waals surface area contributed by atoms with Crippen molar-refractivity contribution in [2.24, 2.45) is 5.92 Å². The average Bonchev–Trinajstić information content (AvgIpc) is 2.08. The highest BCUT2D eigenvalue weighted by Crippen LogP contribution is 2.13. The quantitative estimate of drug-likeness (QED) is 0.784. The van der Waals surface area contributed by atoms with Crippen LogP contribution in [0.1, 0.15) is 20.3 Å². The molecule has 0 fully saturated rings. The van der Waals surface area contributed by atoms with E-state index in [1.54, 1.807) is 0 Å². The van der Waals surface area contributed by atoms with Crippen LogP contribution in [0, 0.1) is 5.92 Å². The van der Waals surface area contributed by atoms with Crippen LogP contribution in [0.4, 0.5) is 5.69 Å². The van der Waals surface area contributed by atoms with Crippen molar-refractivity contribution in [3.63, 3.8) is 0 Å². The molecule has 0 unspecified atom stereocenters. The Labute approximate surface area is 91.9 Å². The lowest BCUT2D eigenvalue weighted by Gasteiger charge is -2.07. The number of anilines is 1. The van der Waals surface area contributed by atoms with Gasteiger partial charge in [-0.05, 0) is 36.6 Å². The molecule has 0 amide bonds.